The summed E-state index contributed by atoms with van der Waals surface area (Å²) in [5, 5.41) is 3.00. The van der Waals surface area contributed by atoms with Gasteiger partial charge in [-0.05, 0) is 79.2 Å². The number of ether oxygens (including phenoxy) is 1. The van der Waals surface area contributed by atoms with Gasteiger partial charge in [-0.15, -0.1) is 0 Å². The van der Waals surface area contributed by atoms with Crippen LogP contribution < -0.4 is 10.1 Å². The number of halogens is 1. The first-order valence-electron chi connectivity index (χ1n) is 13.9. The van der Waals surface area contributed by atoms with E-state index in [1.807, 2.05) is 24.3 Å². The van der Waals surface area contributed by atoms with E-state index in [4.69, 9.17) is 16.3 Å². The van der Waals surface area contributed by atoms with E-state index in [1.165, 1.54) is 11.1 Å². The van der Waals surface area contributed by atoms with Crippen molar-refractivity contribution in [2.45, 2.75) is 50.8 Å². The Kier molecular flexibility index (Phi) is 7.60. The van der Waals surface area contributed by atoms with E-state index in [1.54, 1.807) is 18.2 Å². The van der Waals surface area contributed by atoms with E-state index in [9.17, 15) is 19.2 Å². The van der Waals surface area contributed by atoms with Gasteiger partial charge in [-0.25, -0.2) is 0 Å². The van der Waals surface area contributed by atoms with Crippen molar-refractivity contribution in [3.05, 3.63) is 99.6 Å². The number of nitrogens with zero attached hydrogens (tertiary/aromatic N) is 2. The zero-order chi connectivity index (χ0) is 28.5. The lowest BCUT2D eigenvalue weighted by Crippen LogP contribution is -2.54. The molecule has 2 fully saturated rings. The lowest BCUT2D eigenvalue weighted by Gasteiger charge is -2.32. The summed E-state index contributed by atoms with van der Waals surface area (Å²) < 4.78 is 6.01. The molecule has 9 heteroatoms. The normalized spacial score (nSPS) is 19.8. The number of fused-ring (bicyclic) bond motifs is 1. The van der Waals surface area contributed by atoms with E-state index in [2.05, 4.69) is 34.5 Å². The fourth-order valence-electron chi connectivity index (χ4n) is 5.95. The standard InChI is InChI=1S/C32H30ClN3O5/c33-24-4-1-3-23(17-24)22-13-15-35(16-14-22)18-20-7-9-21(10-8-20)19-41-27-6-2-5-25-29(27)32(40)36(31(25)39)26-11-12-28(37)34-30(26)38/h1-10,17,22,26H,11-16,18-19H2,(H,34,37,38). The van der Waals surface area contributed by atoms with Crippen LogP contribution in [0.2, 0.25) is 5.02 Å². The molecule has 0 spiro atoms. The number of hydrogen-bond acceptors (Lipinski definition) is 6. The van der Waals surface area contributed by atoms with Crippen molar-refractivity contribution in [2.24, 2.45) is 0 Å². The number of hydrogen-bond donors (Lipinski definition) is 1. The summed E-state index contributed by atoms with van der Waals surface area (Å²) in [7, 11) is 0. The fraction of sp³-hybridized carbons (Fsp3) is 0.312. The number of benzene rings is 3. The highest BCUT2D eigenvalue weighted by atomic mass is 35.5. The molecule has 3 aromatic rings. The molecule has 1 atom stereocenters. The average molecular weight is 572 g/mol. The van der Waals surface area contributed by atoms with Crippen molar-refractivity contribution in [3.8, 4) is 5.75 Å². The highest BCUT2D eigenvalue weighted by molar-refractivity contribution is 6.30. The number of amides is 4. The molecule has 3 aliphatic heterocycles. The van der Waals surface area contributed by atoms with Crippen LogP contribution in [0.15, 0.2) is 66.7 Å². The molecule has 0 aliphatic carbocycles. The molecule has 0 saturated carbocycles. The Balaban J connectivity index is 1.05. The van der Waals surface area contributed by atoms with Gasteiger partial charge < -0.3 is 4.74 Å². The van der Waals surface area contributed by atoms with Gasteiger partial charge in [0.15, 0.2) is 0 Å². The Labute approximate surface area is 243 Å². The minimum Gasteiger partial charge on any atom is -0.488 e. The Hall–Kier alpha value is -4.01. The minimum absolute atomic E-state index is 0.0739. The smallest absolute Gasteiger partial charge is 0.266 e. The summed E-state index contributed by atoms with van der Waals surface area (Å²) in [6, 6.07) is 20.3. The number of likely N-dealkylation sites (tertiary alicyclic amines) is 1. The first-order chi connectivity index (χ1) is 19.9. The number of rotatable bonds is 7. The second-order valence-corrected chi connectivity index (χ2v) is 11.3. The third-order valence-corrected chi connectivity index (χ3v) is 8.40. The van der Waals surface area contributed by atoms with Crippen LogP contribution in [0.25, 0.3) is 0 Å². The third-order valence-electron chi connectivity index (χ3n) is 8.16. The molecular weight excluding hydrogens is 542 g/mol. The molecule has 41 heavy (non-hydrogen) atoms. The highest BCUT2D eigenvalue weighted by Crippen LogP contribution is 2.34. The van der Waals surface area contributed by atoms with E-state index < -0.39 is 29.7 Å². The monoisotopic (exact) mass is 571 g/mol. The van der Waals surface area contributed by atoms with Crippen LogP contribution in [0.3, 0.4) is 0 Å². The first-order valence-corrected chi connectivity index (χ1v) is 14.3. The number of nitrogens with one attached hydrogen (secondary N) is 1. The van der Waals surface area contributed by atoms with Crippen molar-refractivity contribution in [2.75, 3.05) is 13.1 Å². The third kappa shape index (κ3) is 5.62. The van der Waals surface area contributed by atoms with Gasteiger partial charge in [0.2, 0.25) is 11.8 Å². The molecular formula is C32H30ClN3O5. The van der Waals surface area contributed by atoms with E-state index in [0.29, 0.717) is 11.7 Å². The molecule has 210 valence electrons. The van der Waals surface area contributed by atoms with Crippen molar-refractivity contribution < 1.29 is 23.9 Å². The molecule has 4 amide bonds. The largest absolute Gasteiger partial charge is 0.488 e. The maximum Gasteiger partial charge on any atom is 0.266 e. The number of carbonyl (C=O) groups is 4. The summed E-state index contributed by atoms with van der Waals surface area (Å²) >= 11 is 6.18. The zero-order valence-corrected chi connectivity index (χ0v) is 23.2. The summed E-state index contributed by atoms with van der Waals surface area (Å²) in [6.07, 6.45) is 2.40. The molecule has 0 radical (unpaired) electrons. The second-order valence-electron chi connectivity index (χ2n) is 10.8. The molecule has 0 bridgehead atoms. The lowest BCUT2D eigenvalue weighted by atomic mass is 9.89. The van der Waals surface area contributed by atoms with Crippen molar-refractivity contribution in [1.29, 1.82) is 0 Å². The molecule has 0 aromatic heterocycles. The molecule has 3 aromatic carbocycles. The van der Waals surface area contributed by atoms with Crippen LogP contribution in [0.4, 0.5) is 0 Å². The molecule has 1 N–H and O–H groups in total. The van der Waals surface area contributed by atoms with Crippen molar-refractivity contribution in [3.63, 3.8) is 0 Å². The van der Waals surface area contributed by atoms with Crippen LogP contribution in [0, 0.1) is 0 Å². The van der Waals surface area contributed by atoms with Gasteiger partial charge in [-0.3, -0.25) is 34.3 Å². The molecule has 3 aliphatic rings. The lowest BCUT2D eigenvalue weighted by molar-refractivity contribution is -0.136. The molecule has 8 nitrogen and oxygen atoms in total. The van der Waals surface area contributed by atoms with E-state index >= 15 is 0 Å². The first kappa shape index (κ1) is 27.2. The van der Waals surface area contributed by atoms with Gasteiger partial charge in [-0.1, -0.05) is 54.1 Å². The number of imide groups is 2. The van der Waals surface area contributed by atoms with Gasteiger partial charge in [0.05, 0.1) is 11.1 Å². The molecule has 3 heterocycles. The maximum atomic E-state index is 13.3. The SMILES string of the molecule is O=C1CCC(N2C(=O)c3cccc(OCc4ccc(CN5CCC(c6cccc(Cl)c6)CC5)cc4)c3C2=O)C(=O)N1. The Morgan fingerprint density at radius 3 is 2.32 bits per heavy atom. The van der Waals surface area contributed by atoms with Gasteiger partial charge in [-0.2, -0.15) is 0 Å². The zero-order valence-electron chi connectivity index (χ0n) is 22.5. The molecule has 1 unspecified atom stereocenters. The predicted molar refractivity (Wildman–Crippen MR) is 153 cm³/mol. The second kappa shape index (κ2) is 11.5. The predicted octanol–water partition coefficient (Wildman–Crippen LogP) is 4.70. The van der Waals surface area contributed by atoms with E-state index in [0.717, 1.165) is 48.0 Å². The van der Waals surface area contributed by atoms with Gasteiger partial charge in [0, 0.05) is 18.0 Å². The Morgan fingerprint density at radius 1 is 0.854 bits per heavy atom. The Bertz CT molecular complexity index is 1510. The highest BCUT2D eigenvalue weighted by Gasteiger charge is 2.46. The minimum atomic E-state index is -1.01. The number of carbonyl (C=O) groups excluding carboxylic acids is 4. The topological polar surface area (TPSA) is 96.0 Å². The molecule has 6 rings (SSSR count). The van der Waals surface area contributed by atoms with Crippen molar-refractivity contribution in [1.82, 2.24) is 15.1 Å². The maximum absolute atomic E-state index is 13.3. The van der Waals surface area contributed by atoms with Gasteiger partial charge in [0.1, 0.15) is 18.4 Å². The number of piperidine rings is 2. The van der Waals surface area contributed by atoms with Gasteiger partial charge >= 0.3 is 0 Å². The Morgan fingerprint density at radius 2 is 1.59 bits per heavy atom. The van der Waals surface area contributed by atoms with Crippen LogP contribution in [0.1, 0.15) is 69.0 Å². The van der Waals surface area contributed by atoms with Crippen LogP contribution >= 0.6 is 11.6 Å². The van der Waals surface area contributed by atoms with Crippen LogP contribution in [-0.4, -0.2) is 52.6 Å². The quantitative estimate of drug-likeness (QED) is 0.413. The fourth-order valence-corrected chi connectivity index (χ4v) is 6.15. The van der Waals surface area contributed by atoms with E-state index in [-0.39, 0.29) is 30.6 Å². The summed E-state index contributed by atoms with van der Waals surface area (Å²) in [5.74, 6) is -1.33. The summed E-state index contributed by atoms with van der Waals surface area (Å²) in [4.78, 5) is 53.6. The summed E-state index contributed by atoms with van der Waals surface area (Å²) in [6.45, 7) is 3.16. The van der Waals surface area contributed by atoms with Gasteiger partial charge in [0.25, 0.3) is 11.8 Å². The van der Waals surface area contributed by atoms with Crippen LogP contribution in [-0.2, 0) is 22.7 Å². The molecule has 2 saturated heterocycles. The van der Waals surface area contributed by atoms with Crippen molar-refractivity contribution >= 4 is 35.2 Å². The van der Waals surface area contributed by atoms with Crippen LogP contribution in [0.5, 0.6) is 5.75 Å². The summed E-state index contributed by atoms with van der Waals surface area (Å²) in [5.41, 5.74) is 3.83. The average Bonchev–Trinajstić information content (AvgIpc) is 3.23.